The minimum absolute atomic E-state index is 0.709. The Morgan fingerprint density at radius 1 is 1.26 bits per heavy atom. The van der Waals surface area contributed by atoms with Gasteiger partial charge >= 0.3 is 0 Å². The lowest BCUT2D eigenvalue weighted by Crippen LogP contribution is -2.19. The molecule has 1 fully saturated rings. The third-order valence-corrected chi connectivity index (χ3v) is 3.71. The first-order chi connectivity index (χ1) is 9.08. The molecule has 1 saturated carbocycles. The van der Waals surface area contributed by atoms with Gasteiger partial charge in [-0.25, -0.2) is 0 Å². The van der Waals surface area contributed by atoms with Crippen molar-refractivity contribution in [3.63, 3.8) is 0 Å². The maximum atomic E-state index is 4.62. The van der Waals surface area contributed by atoms with Crippen LogP contribution in [-0.4, -0.2) is 16.3 Å². The molecule has 2 rings (SSSR count). The zero-order valence-corrected chi connectivity index (χ0v) is 12.9. The van der Waals surface area contributed by atoms with Gasteiger partial charge in [0.25, 0.3) is 0 Å². The predicted molar refractivity (Wildman–Crippen MR) is 80.2 cm³/mol. The van der Waals surface area contributed by atoms with E-state index in [1.54, 1.807) is 0 Å². The van der Waals surface area contributed by atoms with Gasteiger partial charge in [0.1, 0.15) is 0 Å². The van der Waals surface area contributed by atoms with E-state index in [-0.39, 0.29) is 0 Å². The van der Waals surface area contributed by atoms with Gasteiger partial charge < -0.3 is 5.32 Å². The van der Waals surface area contributed by atoms with Crippen molar-refractivity contribution in [2.45, 2.75) is 66.0 Å². The molecule has 1 heterocycles. The Bertz CT molecular complexity index is 389. The Hall–Kier alpha value is -0.830. The summed E-state index contributed by atoms with van der Waals surface area (Å²) in [5, 5.41) is 8.17. The van der Waals surface area contributed by atoms with Crippen LogP contribution in [0.5, 0.6) is 0 Å². The molecule has 0 aromatic carbocycles. The SMILES string of the molecule is CC(C)CCn1ncc(CNCC(C)C)c1C1CC1. The third kappa shape index (κ3) is 4.34. The van der Waals surface area contributed by atoms with Gasteiger partial charge in [0.15, 0.2) is 0 Å². The van der Waals surface area contributed by atoms with E-state index in [4.69, 9.17) is 0 Å². The fourth-order valence-electron chi connectivity index (χ4n) is 2.45. The summed E-state index contributed by atoms with van der Waals surface area (Å²) in [6.45, 7) is 12.2. The quantitative estimate of drug-likeness (QED) is 0.777. The normalized spacial score (nSPS) is 15.7. The average molecular weight is 263 g/mol. The summed E-state index contributed by atoms with van der Waals surface area (Å²) in [5.41, 5.74) is 2.93. The molecule has 0 unspecified atom stereocenters. The molecule has 108 valence electrons. The molecule has 19 heavy (non-hydrogen) atoms. The maximum absolute atomic E-state index is 4.62. The summed E-state index contributed by atoms with van der Waals surface area (Å²) < 4.78 is 2.27. The van der Waals surface area contributed by atoms with Crippen LogP contribution in [-0.2, 0) is 13.1 Å². The van der Waals surface area contributed by atoms with Crippen LogP contribution >= 0.6 is 0 Å². The van der Waals surface area contributed by atoms with Crippen molar-refractivity contribution in [2.24, 2.45) is 11.8 Å². The molecule has 3 nitrogen and oxygen atoms in total. The molecule has 3 heteroatoms. The van der Waals surface area contributed by atoms with E-state index in [0.29, 0.717) is 5.92 Å². The average Bonchev–Trinajstić information content (AvgIpc) is 3.09. The molecule has 0 spiro atoms. The van der Waals surface area contributed by atoms with Crippen LogP contribution in [0.3, 0.4) is 0 Å². The number of aromatic nitrogens is 2. The lowest BCUT2D eigenvalue weighted by Gasteiger charge is -2.11. The van der Waals surface area contributed by atoms with Gasteiger partial charge in [-0.3, -0.25) is 4.68 Å². The largest absolute Gasteiger partial charge is 0.312 e. The number of rotatable bonds is 8. The molecular formula is C16H29N3. The fourth-order valence-corrected chi connectivity index (χ4v) is 2.45. The van der Waals surface area contributed by atoms with Gasteiger partial charge in [-0.05, 0) is 37.6 Å². The van der Waals surface area contributed by atoms with Crippen molar-refractivity contribution in [3.8, 4) is 0 Å². The van der Waals surface area contributed by atoms with Gasteiger partial charge in [-0.15, -0.1) is 0 Å². The van der Waals surface area contributed by atoms with Crippen LogP contribution in [0, 0.1) is 11.8 Å². The molecule has 0 bridgehead atoms. The third-order valence-electron chi connectivity index (χ3n) is 3.71. The first-order valence-electron chi connectivity index (χ1n) is 7.83. The second-order valence-electron chi connectivity index (χ2n) is 6.76. The molecule has 1 aliphatic rings. The van der Waals surface area contributed by atoms with Crippen molar-refractivity contribution in [1.29, 1.82) is 0 Å². The number of aryl methyl sites for hydroxylation is 1. The molecular weight excluding hydrogens is 234 g/mol. The van der Waals surface area contributed by atoms with E-state index < -0.39 is 0 Å². The minimum Gasteiger partial charge on any atom is -0.312 e. The highest BCUT2D eigenvalue weighted by Gasteiger charge is 2.29. The second-order valence-corrected chi connectivity index (χ2v) is 6.76. The Labute approximate surface area is 117 Å². The second kappa shape index (κ2) is 6.56. The van der Waals surface area contributed by atoms with Gasteiger partial charge in [-0.1, -0.05) is 27.7 Å². The lowest BCUT2D eigenvalue weighted by atomic mass is 10.1. The standard InChI is InChI=1S/C16H29N3/c1-12(2)7-8-19-16(14-5-6-14)15(11-18-19)10-17-9-13(3)4/h11-14,17H,5-10H2,1-4H3. The minimum atomic E-state index is 0.709. The Morgan fingerprint density at radius 3 is 2.58 bits per heavy atom. The smallest absolute Gasteiger partial charge is 0.0537 e. The number of nitrogens with one attached hydrogen (secondary N) is 1. The summed E-state index contributed by atoms with van der Waals surface area (Å²) >= 11 is 0. The summed E-state index contributed by atoms with van der Waals surface area (Å²) in [4.78, 5) is 0. The Kier molecular flexibility index (Phi) is 5.03. The van der Waals surface area contributed by atoms with E-state index in [0.717, 1.165) is 31.5 Å². The molecule has 1 aromatic rings. The highest BCUT2D eigenvalue weighted by Crippen LogP contribution is 2.41. The van der Waals surface area contributed by atoms with E-state index in [1.807, 2.05) is 0 Å². The van der Waals surface area contributed by atoms with Crippen LogP contribution in [0.2, 0.25) is 0 Å². The van der Waals surface area contributed by atoms with Crippen molar-refractivity contribution in [3.05, 3.63) is 17.5 Å². The first kappa shape index (κ1) is 14.6. The summed E-state index contributed by atoms with van der Waals surface area (Å²) in [6, 6.07) is 0. The zero-order valence-electron chi connectivity index (χ0n) is 12.9. The first-order valence-corrected chi connectivity index (χ1v) is 7.83. The van der Waals surface area contributed by atoms with Crippen LogP contribution in [0.1, 0.15) is 64.1 Å². The number of hydrogen-bond donors (Lipinski definition) is 1. The maximum Gasteiger partial charge on any atom is 0.0537 e. The monoisotopic (exact) mass is 263 g/mol. The van der Waals surface area contributed by atoms with Crippen LogP contribution in [0.4, 0.5) is 0 Å². The van der Waals surface area contributed by atoms with Crippen molar-refractivity contribution >= 4 is 0 Å². The number of hydrogen-bond acceptors (Lipinski definition) is 2. The highest BCUT2D eigenvalue weighted by molar-refractivity contribution is 5.25. The summed E-state index contributed by atoms with van der Waals surface area (Å²) in [6.07, 6.45) is 6.01. The van der Waals surface area contributed by atoms with Crippen molar-refractivity contribution in [1.82, 2.24) is 15.1 Å². The molecule has 1 aliphatic carbocycles. The zero-order chi connectivity index (χ0) is 13.8. The summed E-state index contributed by atoms with van der Waals surface area (Å²) in [5.74, 6) is 2.24. The Morgan fingerprint density at radius 2 is 2.00 bits per heavy atom. The lowest BCUT2D eigenvalue weighted by molar-refractivity contribution is 0.474. The van der Waals surface area contributed by atoms with E-state index in [2.05, 4.69) is 49.0 Å². The Balaban J connectivity index is 1.98. The van der Waals surface area contributed by atoms with Gasteiger partial charge in [0.2, 0.25) is 0 Å². The van der Waals surface area contributed by atoms with Gasteiger partial charge in [0.05, 0.1) is 6.20 Å². The molecule has 1 aromatic heterocycles. The van der Waals surface area contributed by atoms with E-state index in [9.17, 15) is 0 Å². The topological polar surface area (TPSA) is 29.9 Å². The van der Waals surface area contributed by atoms with E-state index >= 15 is 0 Å². The molecule has 0 atom stereocenters. The molecule has 0 radical (unpaired) electrons. The van der Waals surface area contributed by atoms with Crippen LogP contribution < -0.4 is 5.32 Å². The molecule has 0 saturated heterocycles. The van der Waals surface area contributed by atoms with E-state index in [1.165, 1.54) is 30.5 Å². The van der Waals surface area contributed by atoms with Gasteiger partial charge in [0, 0.05) is 30.3 Å². The van der Waals surface area contributed by atoms with Crippen molar-refractivity contribution in [2.75, 3.05) is 6.54 Å². The molecule has 0 amide bonds. The van der Waals surface area contributed by atoms with Crippen LogP contribution in [0.25, 0.3) is 0 Å². The molecule has 1 N–H and O–H groups in total. The predicted octanol–water partition coefficient (Wildman–Crippen LogP) is 3.55. The number of nitrogens with zero attached hydrogens (tertiary/aromatic N) is 2. The van der Waals surface area contributed by atoms with Crippen LogP contribution in [0.15, 0.2) is 6.20 Å². The summed E-state index contributed by atoms with van der Waals surface area (Å²) in [7, 11) is 0. The fraction of sp³-hybridized carbons (Fsp3) is 0.812. The highest BCUT2D eigenvalue weighted by atomic mass is 15.3. The molecule has 0 aliphatic heterocycles. The van der Waals surface area contributed by atoms with Crippen molar-refractivity contribution < 1.29 is 0 Å². The van der Waals surface area contributed by atoms with Gasteiger partial charge in [-0.2, -0.15) is 5.10 Å².